The fourth-order valence-electron chi connectivity index (χ4n) is 2.52. The second-order valence-electron chi connectivity index (χ2n) is 4.46. The van der Waals surface area contributed by atoms with Crippen molar-refractivity contribution in [2.24, 2.45) is 0 Å². The maximum atomic E-state index is 6.04. The van der Waals surface area contributed by atoms with Crippen LogP contribution in [0.3, 0.4) is 0 Å². The van der Waals surface area contributed by atoms with E-state index in [0.29, 0.717) is 5.28 Å². The number of halogens is 1. The third kappa shape index (κ3) is 1.70. The van der Waals surface area contributed by atoms with Gasteiger partial charge in [-0.2, -0.15) is 0 Å². The zero-order valence-electron chi connectivity index (χ0n) is 9.93. The van der Waals surface area contributed by atoms with Crippen LogP contribution >= 0.6 is 22.9 Å². The fraction of sp³-hybridized carbons (Fsp3) is 0.0667. The molecule has 4 rings (SSSR count). The first-order valence-electron chi connectivity index (χ1n) is 6.02. The van der Waals surface area contributed by atoms with Gasteiger partial charge in [-0.05, 0) is 40.6 Å². The molecule has 0 N–H and O–H groups in total. The van der Waals surface area contributed by atoms with E-state index in [1.807, 2.05) is 11.4 Å². The number of fused-ring (bicyclic) bond motifs is 2. The number of hydrogen-bond acceptors (Lipinski definition) is 3. The van der Waals surface area contributed by atoms with Crippen LogP contribution in [0.4, 0.5) is 0 Å². The number of hydrogen-bond donors (Lipinski definition) is 0. The Morgan fingerprint density at radius 2 is 2.00 bits per heavy atom. The number of allylic oxidation sites excluding steroid dienone is 1. The van der Waals surface area contributed by atoms with Crippen molar-refractivity contribution in [2.75, 3.05) is 0 Å². The third-order valence-electron chi connectivity index (χ3n) is 3.37. The lowest BCUT2D eigenvalue weighted by Crippen LogP contribution is -1.93. The molecule has 0 radical (unpaired) electrons. The van der Waals surface area contributed by atoms with Crippen molar-refractivity contribution < 1.29 is 0 Å². The van der Waals surface area contributed by atoms with E-state index in [2.05, 4.69) is 40.3 Å². The maximum Gasteiger partial charge on any atom is 0.223 e. The van der Waals surface area contributed by atoms with Crippen molar-refractivity contribution in [3.05, 3.63) is 63.9 Å². The molecule has 1 aromatic carbocycles. The average Bonchev–Trinajstić information content (AvgIpc) is 3.03. The van der Waals surface area contributed by atoms with Crippen LogP contribution in [0, 0.1) is 0 Å². The molecule has 0 atom stereocenters. The summed E-state index contributed by atoms with van der Waals surface area (Å²) in [5, 5.41) is 2.34. The van der Waals surface area contributed by atoms with Crippen molar-refractivity contribution in [1.29, 1.82) is 0 Å². The fourth-order valence-corrected chi connectivity index (χ4v) is 3.54. The Morgan fingerprint density at radius 1 is 1.11 bits per heavy atom. The average molecular weight is 285 g/mol. The van der Waals surface area contributed by atoms with Crippen LogP contribution in [-0.4, -0.2) is 9.97 Å². The van der Waals surface area contributed by atoms with Gasteiger partial charge in [0.05, 0.1) is 15.9 Å². The highest BCUT2D eigenvalue weighted by Crippen LogP contribution is 2.36. The Labute approximate surface area is 119 Å². The van der Waals surface area contributed by atoms with Crippen LogP contribution < -0.4 is 0 Å². The minimum Gasteiger partial charge on any atom is -0.217 e. The van der Waals surface area contributed by atoms with Gasteiger partial charge in [0.1, 0.15) is 0 Å². The first kappa shape index (κ1) is 11.1. The number of nitrogens with zero attached hydrogens (tertiary/aromatic N) is 2. The van der Waals surface area contributed by atoms with E-state index >= 15 is 0 Å². The van der Waals surface area contributed by atoms with Gasteiger partial charge >= 0.3 is 0 Å². The summed E-state index contributed by atoms with van der Waals surface area (Å²) in [5.74, 6) is 0. The van der Waals surface area contributed by atoms with Gasteiger partial charge in [0.15, 0.2) is 0 Å². The molecule has 2 aromatic heterocycles. The zero-order chi connectivity index (χ0) is 12.8. The summed E-state index contributed by atoms with van der Waals surface area (Å²) in [7, 11) is 0. The van der Waals surface area contributed by atoms with Gasteiger partial charge in [-0.1, -0.05) is 30.3 Å². The molecule has 1 aliphatic carbocycles. The highest BCUT2D eigenvalue weighted by molar-refractivity contribution is 7.17. The summed E-state index contributed by atoms with van der Waals surface area (Å²) in [4.78, 5) is 8.71. The van der Waals surface area contributed by atoms with Gasteiger partial charge < -0.3 is 0 Å². The lowest BCUT2D eigenvalue weighted by molar-refractivity contribution is 1.20. The van der Waals surface area contributed by atoms with Crippen molar-refractivity contribution in [1.82, 2.24) is 9.97 Å². The standard InChI is InChI=1S/C15H9ClN2S/c16-15-17-12-7-8-19-14(12)13(18-15)11-6-5-9-3-1-2-4-10(9)11/h1-4,6-8H,5H2. The molecular formula is C15H9ClN2S. The van der Waals surface area contributed by atoms with E-state index in [0.717, 1.165) is 22.3 Å². The molecule has 0 bridgehead atoms. The Morgan fingerprint density at radius 3 is 2.95 bits per heavy atom. The lowest BCUT2D eigenvalue weighted by Gasteiger charge is -2.06. The number of benzene rings is 1. The normalized spacial score (nSPS) is 13.6. The number of rotatable bonds is 1. The molecule has 1 aliphatic rings. The monoisotopic (exact) mass is 284 g/mol. The molecular weight excluding hydrogens is 276 g/mol. The van der Waals surface area contributed by atoms with Gasteiger partial charge in [-0.15, -0.1) is 11.3 Å². The van der Waals surface area contributed by atoms with Crippen molar-refractivity contribution in [2.45, 2.75) is 6.42 Å². The van der Waals surface area contributed by atoms with E-state index in [9.17, 15) is 0 Å². The van der Waals surface area contributed by atoms with Crippen molar-refractivity contribution in [3.8, 4) is 0 Å². The van der Waals surface area contributed by atoms with Gasteiger partial charge in [-0.3, -0.25) is 0 Å². The van der Waals surface area contributed by atoms with Crippen LogP contribution in [0.25, 0.3) is 15.8 Å². The van der Waals surface area contributed by atoms with E-state index in [-0.39, 0.29) is 0 Å². The second kappa shape index (κ2) is 4.15. The molecule has 0 fully saturated rings. The summed E-state index contributed by atoms with van der Waals surface area (Å²) in [6.45, 7) is 0. The van der Waals surface area contributed by atoms with Gasteiger partial charge in [0.25, 0.3) is 0 Å². The molecule has 0 saturated carbocycles. The Kier molecular flexibility index (Phi) is 2.43. The van der Waals surface area contributed by atoms with E-state index in [1.54, 1.807) is 11.3 Å². The summed E-state index contributed by atoms with van der Waals surface area (Å²) in [5.41, 5.74) is 5.65. The highest BCUT2D eigenvalue weighted by Gasteiger charge is 2.19. The molecule has 4 heteroatoms. The van der Waals surface area contributed by atoms with E-state index < -0.39 is 0 Å². The zero-order valence-corrected chi connectivity index (χ0v) is 11.5. The maximum absolute atomic E-state index is 6.04. The lowest BCUT2D eigenvalue weighted by atomic mass is 10.0. The van der Waals surface area contributed by atoms with Gasteiger partial charge in [-0.25, -0.2) is 9.97 Å². The van der Waals surface area contributed by atoms with Gasteiger partial charge in [0.2, 0.25) is 5.28 Å². The summed E-state index contributed by atoms with van der Waals surface area (Å²) in [6.07, 6.45) is 3.18. The van der Waals surface area contributed by atoms with Gasteiger partial charge in [0, 0.05) is 5.57 Å². The topological polar surface area (TPSA) is 25.8 Å². The molecule has 0 unspecified atom stereocenters. The Bertz CT molecular complexity index is 820. The molecule has 92 valence electrons. The van der Waals surface area contributed by atoms with Crippen LogP contribution in [0.2, 0.25) is 5.28 Å². The summed E-state index contributed by atoms with van der Waals surface area (Å²) < 4.78 is 1.10. The largest absolute Gasteiger partial charge is 0.223 e. The molecule has 2 nitrogen and oxygen atoms in total. The molecule has 2 heterocycles. The predicted octanol–water partition coefficient (Wildman–Crippen LogP) is 4.33. The molecule has 0 aliphatic heterocycles. The first-order chi connectivity index (χ1) is 9.33. The summed E-state index contributed by atoms with van der Waals surface area (Å²) in [6, 6.07) is 10.4. The molecule has 3 aromatic rings. The van der Waals surface area contributed by atoms with Crippen LogP contribution in [-0.2, 0) is 6.42 Å². The predicted molar refractivity (Wildman–Crippen MR) is 79.7 cm³/mol. The highest BCUT2D eigenvalue weighted by atomic mass is 35.5. The van der Waals surface area contributed by atoms with Crippen molar-refractivity contribution in [3.63, 3.8) is 0 Å². The first-order valence-corrected chi connectivity index (χ1v) is 7.28. The minimum atomic E-state index is 0.311. The van der Waals surface area contributed by atoms with Crippen molar-refractivity contribution >= 4 is 38.7 Å². The number of thiophene rings is 1. The molecule has 0 amide bonds. The molecule has 0 spiro atoms. The quantitative estimate of drug-likeness (QED) is 0.622. The van der Waals surface area contributed by atoms with E-state index in [1.165, 1.54) is 16.7 Å². The SMILES string of the molecule is Clc1nc(C2=CCc3ccccc32)c2sccc2n1. The molecule has 19 heavy (non-hydrogen) atoms. The second-order valence-corrected chi connectivity index (χ2v) is 5.71. The van der Waals surface area contributed by atoms with Crippen LogP contribution in [0.1, 0.15) is 16.8 Å². The summed E-state index contributed by atoms with van der Waals surface area (Å²) >= 11 is 7.70. The van der Waals surface area contributed by atoms with Crippen LogP contribution in [0.15, 0.2) is 41.8 Å². The Hall–Kier alpha value is -1.71. The van der Waals surface area contributed by atoms with Crippen LogP contribution in [0.5, 0.6) is 0 Å². The van der Waals surface area contributed by atoms with E-state index in [4.69, 9.17) is 11.6 Å². The number of aromatic nitrogens is 2. The Balaban J connectivity index is 2.00. The molecule has 0 saturated heterocycles. The minimum absolute atomic E-state index is 0.311. The smallest absolute Gasteiger partial charge is 0.217 e. The third-order valence-corrected chi connectivity index (χ3v) is 4.44.